The molecule has 0 saturated heterocycles. The number of nitrogens with one attached hydrogen (secondary N) is 1. The van der Waals surface area contributed by atoms with E-state index in [4.69, 9.17) is 4.74 Å². The average Bonchev–Trinajstić information content (AvgIpc) is 2.48. The van der Waals surface area contributed by atoms with Crippen LogP contribution >= 0.6 is 15.9 Å². The van der Waals surface area contributed by atoms with Gasteiger partial charge < -0.3 is 4.74 Å². The molecule has 0 atom stereocenters. The lowest BCUT2D eigenvalue weighted by atomic mass is 10.1. The minimum absolute atomic E-state index is 0.0665. The van der Waals surface area contributed by atoms with Crippen molar-refractivity contribution in [1.29, 1.82) is 0 Å². The molecule has 0 aliphatic carbocycles. The van der Waals surface area contributed by atoms with Gasteiger partial charge in [0.05, 0.1) is 5.69 Å². The molecule has 2 aromatic rings. The molecule has 21 heavy (non-hydrogen) atoms. The van der Waals surface area contributed by atoms with Crippen LogP contribution < -0.4 is 5.32 Å². The summed E-state index contributed by atoms with van der Waals surface area (Å²) in [4.78, 5) is 23.1. The largest absolute Gasteiger partial charge is 0.444 e. The first-order chi connectivity index (χ1) is 10.1. The van der Waals surface area contributed by atoms with Crippen LogP contribution in [0.25, 0.3) is 0 Å². The Morgan fingerprint density at radius 2 is 1.86 bits per heavy atom. The van der Waals surface area contributed by atoms with Gasteiger partial charge in [0.15, 0.2) is 5.78 Å². The molecule has 2 rings (SSSR count). The van der Waals surface area contributed by atoms with Crippen molar-refractivity contribution in [2.24, 2.45) is 0 Å². The number of halogens is 1. The molecule has 0 heterocycles. The summed E-state index contributed by atoms with van der Waals surface area (Å²) in [5.74, 6) is -0.0665. The van der Waals surface area contributed by atoms with E-state index in [1.165, 1.54) is 6.92 Å². The number of amides is 1. The molecular formula is C16H14BrNO3. The first kappa shape index (κ1) is 15.3. The van der Waals surface area contributed by atoms with Gasteiger partial charge in [0.2, 0.25) is 0 Å². The molecule has 0 unspecified atom stereocenters. The second kappa shape index (κ2) is 7.04. The molecule has 1 amide bonds. The van der Waals surface area contributed by atoms with E-state index in [1.807, 2.05) is 30.3 Å². The molecule has 0 radical (unpaired) electrons. The Kier molecular flexibility index (Phi) is 5.11. The summed E-state index contributed by atoms with van der Waals surface area (Å²) < 4.78 is 5.82. The smallest absolute Gasteiger partial charge is 0.411 e. The zero-order valence-corrected chi connectivity index (χ0v) is 13.0. The SMILES string of the molecule is CC(=O)c1ccc(Br)c(NC(=O)OCc2ccccc2)c1. The summed E-state index contributed by atoms with van der Waals surface area (Å²) in [6.07, 6.45) is -0.569. The topological polar surface area (TPSA) is 55.4 Å². The highest BCUT2D eigenvalue weighted by molar-refractivity contribution is 9.10. The number of anilines is 1. The maximum atomic E-state index is 11.8. The Bertz CT molecular complexity index is 656. The Morgan fingerprint density at radius 3 is 2.52 bits per heavy atom. The first-order valence-corrected chi connectivity index (χ1v) is 7.14. The van der Waals surface area contributed by atoms with Crippen LogP contribution in [0.1, 0.15) is 22.8 Å². The quantitative estimate of drug-likeness (QED) is 0.834. The maximum absolute atomic E-state index is 11.8. The summed E-state index contributed by atoms with van der Waals surface area (Å²) in [6.45, 7) is 1.66. The van der Waals surface area contributed by atoms with Crippen LogP contribution in [0.15, 0.2) is 53.0 Å². The van der Waals surface area contributed by atoms with Crippen molar-refractivity contribution in [3.8, 4) is 0 Å². The number of carbonyl (C=O) groups excluding carboxylic acids is 2. The van der Waals surface area contributed by atoms with Gasteiger partial charge in [0, 0.05) is 10.0 Å². The fraction of sp³-hybridized carbons (Fsp3) is 0.125. The van der Waals surface area contributed by atoms with Crippen LogP contribution in [0.2, 0.25) is 0 Å². The molecule has 1 N–H and O–H groups in total. The van der Waals surface area contributed by atoms with Crippen LogP contribution in [0.4, 0.5) is 10.5 Å². The van der Waals surface area contributed by atoms with E-state index in [0.717, 1.165) is 5.56 Å². The van der Waals surface area contributed by atoms with E-state index >= 15 is 0 Å². The van der Waals surface area contributed by atoms with Crippen molar-refractivity contribution in [3.05, 3.63) is 64.1 Å². The normalized spacial score (nSPS) is 10.0. The first-order valence-electron chi connectivity index (χ1n) is 6.34. The molecule has 108 valence electrons. The van der Waals surface area contributed by atoms with Gasteiger partial charge in [-0.1, -0.05) is 36.4 Å². The zero-order valence-electron chi connectivity index (χ0n) is 11.4. The van der Waals surface area contributed by atoms with Gasteiger partial charge >= 0.3 is 6.09 Å². The molecule has 0 fully saturated rings. The predicted octanol–water partition coefficient (Wildman–Crippen LogP) is 4.40. The molecule has 2 aromatic carbocycles. The standard InChI is InChI=1S/C16H14BrNO3/c1-11(19)13-7-8-14(17)15(9-13)18-16(20)21-10-12-5-3-2-4-6-12/h2-9H,10H2,1H3,(H,18,20). The Labute approximate surface area is 131 Å². The van der Waals surface area contributed by atoms with Crippen LogP contribution in [-0.2, 0) is 11.3 Å². The average molecular weight is 348 g/mol. The summed E-state index contributed by atoms with van der Waals surface area (Å²) in [6, 6.07) is 14.4. The van der Waals surface area contributed by atoms with Gasteiger partial charge in [0.1, 0.15) is 6.61 Å². The molecule has 0 spiro atoms. The fourth-order valence-electron chi connectivity index (χ4n) is 1.71. The molecule has 5 heteroatoms. The lowest BCUT2D eigenvalue weighted by Crippen LogP contribution is -2.14. The minimum atomic E-state index is -0.569. The fourth-order valence-corrected chi connectivity index (χ4v) is 2.05. The van der Waals surface area contributed by atoms with Crippen molar-refractivity contribution in [2.45, 2.75) is 13.5 Å². The summed E-state index contributed by atoms with van der Waals surface area (Å²) >= 11 is 3.32. The summed E-state index contributed by atoms with van der Waals surface area (Å²) in [5.41, 5.74) is 1.93. The molecule has 4 nitrogen and oxygen atoms in total. The van der Waals surface area contributed by atoms with Crippen LogP contribution in [-0.4, -0.2) is 11.9 Å². The number of Topliss-reactive ketones (excluding diaryl/α,β-unsaturated/α-hetero) is 1. The molecule has 0 aliphatic heterocycles. The van der Waals surface area contributed by atoms with Gasteiger partial charge in [-0.2, -0.15) is 0 Å². The molecular weight excluding hydrogens is 334 g/mol. The Balaban J connectivity index is 1.99. The Hall–Kier alpha value is -2.14. The lowest BCUT2D eigenvalue weighted by molar-refractivity contribution is 0.101. The molecule has 0 aromatic heterocycles. The number of ketones is 1. The van der Waals surface area contributed by atoms with Crippen molar-refractivity contribution >= 4 is 33.5 Å². The third kappa shape index (κ3) is 4.43. The monoisotopic (exact) mass is 347 g/mol. The van der Waals surface area contributed by atoms with Crippen LogP contribution in [0.5, 0.6) is 0 Å². The molecule has 0 saturated carbocycles. The Morgan fingerprint density at radius 1 is 1.14 bits per heavy atom. The summed E-state index contributed by atoms with van der Waals surface area (Å²) in [7, 11) is 0. The van der Waals surface area contributed by atoms with Crippen molar-refractivity contribution in [2.75, 3.05) is 5.32 Å². The van der Waals surface area contributed by atoms with Crippen molar-refractivity contribution in [3.63, 3.8) is 0 Å². The third-order valence-corrected chi connectivity index (χ3v) is 3.51. The highest BCUT2D eigenvalue weighted by Crippen LogP contribution is 2.24. The second-order valence-corrected chi connectivity index (χ2v) is 5.29. The van der Waals surface area contributed by atoms with Gasteiger partial charge in [-0.3, -0.25) is 10.1 Å². The van der Waals surface area contributed by atoms with E-state index in [1.54, 1.807) is 18.2 Å². The number of ether oxygens (including phenoxy) is 1. The van der Waals surface area contributed by atoms with Crippen LogP contribution in [0, 0.1) is 0 Å². The van der Waals surface area contributed by atoms with Gasteiger partial charge in [0.25, 0.3) is 0 Å². The van der Waals surface area contributed by atoms with Crippen molar-refractivity contribution < 1.29 is 14.3 Å². The lowest BCUT2D eigenvalue weighted by Gasteiger charge is -2.09. The summed E-state index contributed by atoms with van der Waals surface area (Å²) in [5, 5.41) is 2.62. The number of benzene rings is 2. The maximum Gasteiger partial charge on any atom is 0.411 e. The number of hydrogen-bond acceptors (Lipinski definition) is 3. The molecule has 0 aliphatic rings. The second-order valence-electron chi connectivity index (χ2n) is 4.44. The van der Waals surface area contributed by atoms with E-state index < -0.39 is 6.09 Å². The van der Waals surface area contributed by atoms with E-state index in [9.17, 15) is 9.59 Å². The highest BCUT2D eigenvalue weighted by atomic mass is 79.9. The van der Waals surface area contributed by atoms with Gasteiger partial charge in [-0.15, -0.1) is 0 Å². The van der Waals surface area contributed by atoms with Gasteiger partial charge in [-0.25, -0.2) is 4.79 Å². The zero-order chi connectivity index (χ0) is 15.2. The van der Waals surface area contributed by atoms with Crippen LogP contribution in [0.3, 0.4) is 0 Å². The number of hydrogen-bond donors (Lipinski definition) is 1. The van der Waals surface area contributed by atoms with E-state index in [-0.39, 0.29) is 12.4 Å². The third-order valence-electron chi connectivity index (χ3n) is 2.82. The number of carbonyl (C=O) groups is 2. The van der Waals surface area contributed by atoms with Crippen molar-refractivity contribution in [1.82, 2.24) is 0 Å². The number of rotatable bonds is 4. The minimum Gasteiger partial charge on any atom is -0.444 e. The van der Waals surface area contributed by atoms with E-state index in [2.05, 4.69) is 21.2 Å². The highest BCUT2D eigenvalue weighted by Gasteiger charge is 2.09. The van der Waals surface area contributed by atoms with Gasteiger partial charge in [-0.05, 0) is 40.5 Å². The predicted molar refractivity (Wildman–Crippen MR) is 84.4 cm³/mol. The van der Waals surface area contributed by atoms with E-state index in [0.29, 0.717) is 15.7 Å². The molecule has 0 bridgehead atoms.